The Kier molecular flexibility index (Phi) is 5.45. The van der Waals surface area contributed by atoms with Gasteiger partial charge in [0.15, 0.2) is 0 Å². The number of nitrogens with zero attached hydrogens (tertiary/aromatic N) is 1. The van der Waals surface area contributed by atoms with Crippen molar-refractivity contribution in [1.29, 1.82) is 0 Å². The van der Waals surface area contributed by atoms with Crippen LogP contribution in [0.1, 0.15) is 39.0 Å². The van der Waals surface area contributed by atoms with E-state index in [4.69, 9.17) is 4.74 Å². The lowest BCUT2D eigenvalue weighted by molar-refractivity contribution is -0.136. The Labute approximate surface area is 110 Å². The molecule has 2 rings (SSSR count). The Morgan fingerprint density at radius 3 is 3.06 bits per heavy atom. The van der Waals surface area contributed by atoms with Gasteiger partial charge in [-0.25, -0.2) is 0 Å². The highest BCUT2D eigenvalue weighted by molar-refractivity contribution is 5.76. The molecule has 2 saturated heterocycles. The van der Waals surface area contributed by atoms with E-state index in [9.17, 15) is 4.79 Å². The van der Waals surface area contributed by atoms with E-state index in [-0.39, 0.29) is 6.10 Å². The molecule has 2 heterocycles. The fourth-order valence-corrected chi connectivity index (χ4v) is 2.85. The molecule has 2 atom stereocenters. The second-order valence-electron chi connectivity index (χ2n) is 5.54. The molecule has 4 nitrogen and oxygen atoms in total. The fourth-order valence-electron chi connectivity index (χ4n) is 2.85. The van der Waals surface area contributed by atoms with Crippen LogP contribution in [0.15, 0.2) is 0 Å². The second-order valence-corrected chi connectivity index (χ2v) is 5.54. The number of rotatable bonds is 5. The maximum atomic E-state index is 12.2. The van der Waals surface area contributed by atoms with Gasteiger partial charge in [-0.15, -0.1) is 0 Å². The third-order valence-electron chi connectivity index (χ3n) is 3.91. The van der Waals surface area contributed by atoms with Crippen LogP contribution in [0.2, 0.25) is 0 Å². The van der Waals surface area contributed by atoms with Crippen LogP contribution in [0.3, 0.4) is 0 Å². The maximum Gasteiger partial charge on any atom is 0.222 e. The van der Waals surface area contributed by atoms with Crippen LogP contribution < -0.4 is 5.32 Å². The van der Waals surface area contributed by atoms with Crippen molar-refractivity contribution in [2.24, 2.45) is 5.92 Å². The lowest BCUT2D eigenvalue weighted by atomic mass is 10.0. The Morgan fingerprint density at radius 2 is 2.33 bits per heavy atom. The average Bonchev–Trinajstić information content (AvgIpc) is 2.89. The van der Waals surface area contributed by atoms with Gasteiger partial charge in [-0.3, -0.25) is 4.79 Å². The first-order valence-electron chi connectivity index (χ1n) is 7.39. The summed E-state index contributed by atoms with van der Waals surface area (Å²) in [4.78, 5) is 14.2. The molecule has 18 heavy (non-hydrogen) atoms. The highest BCUT2D eigenvalue weighted by atomic mass is 16.5. The van der Waals surface area contributed by atoms with Crippen molar-refractivity contribution in [3.63, 3.8) is 0 Å². The first-order valence-corrected chi connectivity index (χ1v) is 7.39. The minimum Gasteiger partial charge on any atom is -0.376 e. The van der Waals surface area contributed by atoms with Gasteiger partial charge >= 0.3 is 0 Å². The molecule has 0 saturated carbocycles. The van der Waals surface area contributed by atoms with E-state index in [1.54, 1.807) is 0 Å². The smallest absolute Gasteiger partial charge is 0.222 e. The maximum absolute atomic E-state index is 12.2. The molecule has 0 radical (unpaired) electrons. The molecule has 104 valence electrons. The van der Waals surface area contributed by atoms with Gasteiger partial charge in [-0.2, -0.15) is 0 Å². The summed E-state index contributed by atoms with van der Waals surface area (Å²) in [6, 6.07) is 0. The molecule has 0 bridgehead atoms. The summed E-state index contributed by atoms with van der Waals surface area (Å²) in [6.45, 7) is 6.75. The van der Waals surface area contributed by atoms with Gasteiger partial charge < -0.3 is 15.0 Å². The molecule has 1 amide bonds. The molecule has 2 fully saturated rings. The van der Waals surface area contributed by atoms with Crippen LogP contribution in [0.5, 0.6) is 0 Å². The molecule has 2 aliphatic heterocycles. The highest BCUT2D eigenvalue weighted by Gasteiger charge is 2.26. The van der Waals surface area contributed by atoms with Crippen molar-refractivity contribution in [1.82, 2.24) is 10.2 Å². The van der Waals surface area contributed by atoms with Crippen LogP contribution >= 0.6 is 0 Å². The van der Waals surface area contributed by atoms with Crippen molar-refractivity contribution in [3.05, 3.63) is 0 Å². The summed E-state index contributed by atoms with van der Waals surface area (Å²) in [5, 5.41) is 3.32. The first kappa shape index (κ1) is 13.8. The van der Waals surface area contributed by atoms with E-state index in [2.05, 4.69) is 12.2 Å². The van der Waals surface area contributed by atoms with Crippen molar-refractivity contribution < 1.29 is 9.53 Å². The topological polar surface area (TPSA) is 41.6 Å². The van der Waals surface area contributed by atoms with Crippen LogP contribution in [0.4, 0.5) is 0 Å². The van der Waals surface area contributed by atoms with E-state index in [0.717, 1.165) is 58.5 Å². The van der Waals surface area contributed by atoms with E-state index in [1.807, 2.05) is 4.90 Å². The summed E-state index contributed by atoms with van der Waals surface area (Å²) in [5.41, 5.74) is 0. The number of hydrogen-bond acceptors (Lipinski definition) is 3. The molecule has 0 aromatic rings. The first-order chi connectivity index (χ1) is 8.79. The predicted molar refractivity (Wildman–Crippen MR) is 71.4 cm³/mol. The zero-order chi connectivity index (χ0) is 12.8. The lowest BCUT2D eigenvalue weighted by Crippen LogP contribution is -2.43. The van der Waals surface area contributed by atoms with Gasteiger partial charge in [0, 0.05) is 26.1 Å². The zero-order valence-electron chi connectivity index (χ0n) is 11.5. The minimum absolute atomic E-state index is 0.268. The van der Waals surface area contributed by atoms with E-state index < -0.39 is 0 Å². The molecule has 0 aromatic heterocycles. The Hall–Kier alpha value is -0.610. The quantitative estimate of drug-likeness (QED) is 0.806. The molecule has 0 spiro atoms. The van der Waals surface area contributed by atoms with Crippen molar-refractivity contribution >= 4 is 5.91 Å². The summed E-state index contributed by atoms with van der Waals surface area (Å²) in [6.07, 6.45) is 5.38. The third-order valence-corrected chi connectivity index (χ3v) is 3.91. The van der Waals surface area contributed by atoms with Crippen molar-refractivity contribution in [2.45, 2.75) is 45.1 Å². The average molecular weight is 254 g/mol. The van der Waals surface area contributed by atoms with Gasteiger partial charge in [0.05, 0.1) is 6.10 Å². The van der Waals surface area contributed by atoms with Gasteiger partial charge in [0.1, 0.15) is 0 Å². The van der Waals surface area contributed by atoms with Crippen LogP contribution in [0.25, 0.3) is 0 Å². The highest BCUT2D eigenvalue weighted by Crippen LogP contribution is 2.18. The van der Waals surface area contributed by atoms with Gasteiger partial charge in [-0.05, 0) is 44.7 Å². The van der Waals surface area contributed by atoms with Crippen LogP contribution in [0, 0.1) is 5.92 Å². The summed E-state index contributed by atoms with van der Waals surface area (Å²) in [5.74, 6) is 0.878. The van der Waals surface area contributed by atoms with Crippen LogP contribution in [-0.2, 0) is 9.53 Å². The molecular weight excluding hydrogens is 228 g/mol. The number of amides is 1. The van der Waals surface area contributed by atoms with Crippen molar-refractivity contribution in [2.75, 3.05) is 32.8 Å². The minimum atomic E-state index is 0.268. The predicted octanol–water partition coefficient (Wildman–Crippen LogP) is 1.40. The van der Waals surface area contributed by atoms with E-state index in [1.165, 1.54) is 0 Å². The van der Waals surface area contributed by atoms with Crippen molar-refractivity contribution in [3.8, 4) is 0 Å². The number of ether oxygens (including phenoxy) is 1. The molecule has 2 aliphatic rings. The number of carbonyl (C=O) groups is 1. The molecule has 1 N–H and O–H groups in total. The molecule has 2 unspecified atom stereocenters. The number of likely N-dealkylation sites (tertiary alicyclic amines) is 1. The number of nitrogens with one attached hydrogen (secondary N) is 1. The monoisotopic (exact) mass is 254 g/mol. The largest absolute Gasteiger partial charge is 0.376 e. The number of piperidine rings is 1. The SMILES string of the molecule is CCCOC1CCCN(C(=O)CC2CCNC2)C1. The molecule has 4 heteroatoms. The number of carbonyl (C=O) groups excluding carboxylic acids is 1. The Balaban J connectivity index is 1.74. The Morgan fingerprint density at radius 1 is 1.44 bits per heavy atom. The standard InChI is InChI=1S/C14H26N2O2/c1-2-8-18-13-4-3-7-16(11-13)14(17)9-12-5-6-15-10-12/h12-13,15H,2-11H2,1H3. The summed E-state index contributed by atoms with van der Waals surface area (Å²) >= 11 is 0. The van der Waals surface area contributed by atoms with E-state index in [0.29, 0.717) is 18.2 Å². The third kappa shape index (κ3) is 3.95. The van der Waals surface area contributed by atoms with Gasteiger partial charge in [0.2, 0.25) is 5.91 Å². The van der Waals surface area contributed by atoms with Crippen LogP contribution in [-0.4, -0.2) is 49.7 Å². The summed E-state index contributed by atoms with van der Waals surface area (Å²) in [7, 11) is 0. The fraction of sp³-hybridized carbons (Fsp3) is 0.929. The van der Waals surface area contributed by atoms with Gasteiger partial charge in [0.25, 0.3) is 0 Å². The Bertz CT molecular complexity index is 265. The molecule has 0 aromatic carbocycles. The normalized spacial score (nSPS) is 28.6. The zero-order valence-corrected chi connectivity index (χ0v) is 11.5. The van der Waals surface area contributed by atoms with E-state index >= 15 is 0 Å². The second kappa shape index (κ2) is 7.10. The lowest BCUT2D eigenvalue weighted by Gasteiger charge is -2.33. The summed E-state index contributed by atoms with van der Waals surface area (Å²) < 4.78 is 5.78. The van der Waals surface area contributed by atoms with Gasteiger partial charge in [-0.1, -0.05) is 6.92 Å². The molecule has 0 aliphatic carbocycles. The molecular formula is C14H26N2O2. The number of hydrogen-bond donors (Lipinski definition) is 1.